The van der Waals surface area contributed by atoms with Crippen molar-refractivity contribution in [2.24, 2.45) is 5.92 Å². The van der Waals surface area contributed by atoms with Crippen molar-refractivity contribution < 1.29 is 27.2 Å². The van der Waals surface area contributed by atoms with Gasteiger partial charge in [0.2, 0.25) is 11.8 Å². The SMILES string of the molecule is CC(C)[C@@H](NC(=O)C1CC(=O)NC(c2ccccc2)N1)c1ccc(C(F)(F)F)c(F)c1. The van der Waals surface area contributed by atoms with Gasteiger partial charge in [0.25, 0.3) is 0 Å². The molecule has 2 unspecified atom stereocenters. The molecule has 3 N–H and O–H groups in total. The van der Waals surface area contributed by atoms with Gasteiger partial charge >= 0.3 is 6.18 Å². The van der Waals surface area contributed by atoms with Crippen molar-refractivity contribution >= 4 is 11.8 Å². The predicted octanol–water partition coefficient (Wildman–Crippen LogP) is 3.83. The Bertz CT molecular complexity index is 948. The lowest BCUT2D eigenvalue weighted by Gasteiger charge is -2.33. The highest BCUT2D eigenvalue weighted by Gasteiger charge is 2.36. The van der Waals surface area contributed by atoms with Crippen LogP contribution in [0.2, 0.25) is 0 Å². The second kappa shape index (κ2) is 9.05. The molecule has 0 aromatic heterocycles. The molecule has 2 amide bonds. The molecule has 0 radical (unpaired) electrons. The van der Waals surface area contributed by atoms with Crippen LogP contribution in [0.15, 0.2) is 48.5 Å². The van der Waals surface area contributed by atoms with Gasteiger partial charge in [-0.05, 0) is 29.2 Å². The summed E-state index contributed by atoms with van der Waals surface area (Å²) in [4.78, 5) is 25.0. The highest BCUT2D eigenvalue weighted by molar-refractivity contribution is 5.90. The molecule has 1 aliphatic heterocycles. The van der Waals surface area contributed by atoms with E-state index in [0.717, 1.165) is 17.7 Å². The molecular formula is C22H23F4N3O2. The summed E-state index contributed by atoms with van der Waals surface area (Å²) in [6.45, 7) is 3.52. The Balaban J connectivity index is 1.77. The monoisotopic (exact) mass is 437 g/mol. The molecule has 5 nitrogen and oxygen atoms in total. The summed E-state index contributed by atoms with van der Waals surface area (Å²) in [7, 11) is 0. The Labute approximate surface area is 177 Å². The highest BCUT2D eigenvalue weighted by Crippen LogP contribution is 2.33. The zero-order valence-electron chi connectivity index (χ0n) is 17.0. The maximum Gasteiger partial charge on any atom is 0.419 e. The zero-order chi connectivity index (χ0) is 22.8. The quantitative estimate of drug-likeness (QED) is 0.623. The lowest BCUT2D eigenvalue weighted by atomic mass is 9.94. The van der Waals surface area contributed by atoms with Crippen LogP contribution in [0.25, 0.3) is 0 Å². The molecule has 3 rings (SSSR count). The van der Waals surface area contributed by atoms with Gasteiger partial charge in [0, 0.05) is 0 Å². The molecule has 1 aliphatic rings. The van der Waals surface area contributed by atoms with E-state index in [-0.39, 0.29) is 23.8 Å². The third kappa shape index (κ3) is 5.41. The van der Waals surface area contributed by atoms with Gasteiger partial charge in [0.15, 0.2) is 0 Å². The fourth-order valence-corrected chi connectivity index (χ4v) is 3.54. The van der Waals surface area contributed by atoms with E-state index >= 15 is 0 Å². The Hall–Kier alpha value is -2.94. The minimum atomic E-state index is -4.80. The normalized spacial score (nSPS) is 20.3. The van der Waals surface area contributed by atoms with E-state index in [1.54, 1.807) is 38.1 Å². The minimum Gasteiger partial charge on any atom is -0.348 e. The van der Waals surface area contributed by atoms with Crippen molar-refractivity contribution in [3.8, 4) is 0 Å². The van der Waals surface area contributed by atoms with Gasteiger partial charge in [-0.15, -0.1) is 0 Å². The lowest BCUT2D eigenvalue weighted by Crippen LogP contribution is -2.56. The van der Waals surface area contributed by atoms with Crippen molar-refractivity contribution in [2.45, 2.75) is 44.7 Å². The van der Waals surface area contributed by atoms with Gasteiger partial charge in [-0.2, -0.15) is 13.2 Å². The molecule has 0 bridgehead atoms. The zero-order valence-corrected chi connectivity index (χ0v) is 17.0. The largest absolute Gasteiger partial charge is 0.419 e. The molecule has 1 saturated heterocycles. The van der Waals surface area contributed by atoms with Crippen molar-refractivity contribution in [1.29, 1.82) is 0 Å². The molecule has 3 atom stereocenters. The van der Waals surface area contributed by atoms with Crippen LogP contribution >= 0.6 is 0 Å². The predicted molar refractivity (Wildman–Crippen MR) is 106 cm³/mol. The first-order chi connectivity index (χ1) is 14.6. The molecule has 9 heteroatoms. The molecule has 0 saturated carbocycles. The second-order valence-corrected chi connectivity index (χ2v) is 7.80. The van der Waals surface area contributed by atoms with E-state index in [1.807, 2.05) is 6.07 Å². The number of hydrogen-bond acceptors (Lipinski definition) is 3. The number of benzene rings is 2. The van der Waals surface area contributed by atoms with E-state index in [1.165, 1.54) is 0 Å². The third-order valence-electron chi connectivity index (χ3n) is 5.13. The van der Waals surface area contributed by atoms with Gasteiger partial charge in [-0.3, -0.25) is 14.9 Å². The van der Waals surface area contributed by atoms with Gasteiger partial charge < -0.3 is 10.6 Å². The maximum absolute atomic E-state index is 14.1. The Morgan fingerprint density at radius 1 is 1.13 bits per heavy atom. The number of alkyl halides is 3. The van der Waals surface area contributed by atoms with Crippen LogP contribution in [0.1, 0.15) is 49.2 Å². The molecule has 166 valence electrons. The smallest absolute Gasteiger partial charge is 0.348 e. The van der Waals surface area contributed by atoms with Gasteiger partial charge in [-0.1, -0.05) is 50.2 Å². The van der Waals surface area contributed by atoms with Crippen molar-refractivity contribution in [3.05, 3.63) is 71.0 Å². The lowest BCUT2D eigenvalue weighted by molar-refractivity contribution is -0.140. The van der Waals surface area contributed by atoms with Crippen LogP contribution in [0.4, 0.5) is 17.6 Å². The maximum atomic E-state index is 14.1. The van der Waals surface area contributed by atoms with E-state index in [4.69, 9.17) is 0 Å². The van der Waals surface area contributed by atoms with Crippen molar-refractivity contribution in [2.75, 3.05) is 0 Å². The third-order valence-corrected chi connectivity index (χ3v) is 5.13. The number of carbonyl (C=O) groups excluding carboxylic acids is 2. The first-order valence-electron chi connectivity index (χ1n) is 9.83. The van der Waals surface area contributed by atoms with Crippen LogP contribution in [0, 0.1) is 11.7 Å². The second-order valence-electron chi connectivity index (χ2n) is 7.80. The standard InChI is InChI=1S/C22H23F4N3O2/c1-12(2)19(14-8-9-15(16(23)10-14)22(24,25)26)29-21(31)17-11-18(30)28-20(27-17)13-6-4-3-5-7-13/h3-10,12,17,19-20,27H,11H2,1-2H3,(H,28,30)(H,29,31)/t17?,19-,20?/m1/s1. The van der Waals surface area contributed by atoms with E-state index in [2.05, 4.69) is 16.0 Å². The molecule has 0 aliphatic carbocycles. The summed E-state index contributed by atoms with van der Waals surface area (Å²) < 4.78 is 52.6. The van der Waals surface area contributed by atoms with Gasteiger partial charge in [0.05, 0.1) is 24.1 Å². The molecule has 1 fully saturated rings. The summed E-state index contributed by atoms with van der Waals surface area (Å²) in [5.74, 6) is -2.43. The average molecular weight is 437 g/mol. The molecule has 2 aromatic rings. The molecular weight excluding hydrogens is 414 g/mol. The summed E-state index contributed by atoms with van der Waals surface area (Å²) in [6, 6.07) is 10.1. The molecule has 2 aromatic carbocycles. The van der Waals surface area contributed by atoms with Crippen molar-refractivity contribution in [3.63, 3.8) is 0 Å². The van der Waals surface area contributed by atoms with Crippen LogP contribution in [-0.4, -0.2) is 17.9 Å². The molecule has 0 spiro atoms. The summed E-state index contributed by atoms with van der Waals surface area (Å²) in [5, 5.41) is 8.59. The first-order valence-corrected chi connectivity index (χ1v) is 9.83. The van der Waals surface area contributed by atoms with E-state index in [9.17, 15) is 27.2 Å². The Morgan fingerprint density at radius 2 is 1.81 bits per heavy atom. The highest BCUT2D eigenvalue weighted by atomic mass is 19.4. The van der Waals surface area contributed by atoms with Crippen LogP contribution < -0.4 is 16.0 Å². The fraction of sp³-hybridized carbons (Fsp3) is 0.364. The van der Waals surface area contributed by atoms with E-state index in [0.29, 0.717) is 6.07 Å². The van der Waals surface area contributed by atoms with E-state index < -0.39 is 41.7 Å². The minimum absolute atomic E-state index is 0.0959. The van der Waals surface area contributed by atoms with Crippen LogP contribution in [0.5, 0.6) is 0 Å². The van der Waals surface area contributed by atoms with Crippen LogP contribution in [0.3, 0.4) is 0 Å². The Kier molecular flexibility index (Phi) is 6.64. The number of nitrogens with one attached hydrogen (secondary N) is 3. The first kappa shape index (κ1) is 22.7. The van der Waals surface area contributed by atoms with Crippen molar-refractivity contribution in [1.82, 2.24) is 16.0 Å². The van der Waals surface area contributed by atoms with Crippen LogP contribution in [-0.2, 0) is 15.8 Å². The molecule has 1 heterocycles. The summed E-state index contributed by atoms with van der Waals surface area (Å²) in [5.41, 5.74) is -0.367. The number of carbonyl (C=O) groups is 2. The number of rotatable bonds is 5. The Morgan fingerprint density at radius 3 is 2.39 bits per heavy atom. The number of hydrogen-bond donors (Lipinski definition) is 3. The average Bonchev–Trinajstić information content (AvgIpc) is 2.70. The number of amides is 2. The van der Waals surface area contributed by atoms with Gasteiger partial charge in [0.1, 0.15) is 12.0 Å². The number of halogens is 4. The topological polar surface area (TPSA) is 70.2 Å². The summed E-state index contributed by atoms with van der Waals surface area (Å²) in [6.07, 6.45) is -5.45. The fourth-order valence-electron chi connectivity index (χ4n) is 3.54. The van der Waals surface area contributed by atoms with Gasteiger partial charge in [-0.25, -0.2) is 4.39 Å². The molecule has 31 heavy (non-hydrogen) atoms. The summed E-state index contributed by atoms with van der Waals surface area (Å²) >= 11 is 0.